The van der Waals surface area contributed by atoms with Gasteiger partial charge in [0.05, 0.1) is 17.1 Å². The van der Waals surface area contributed by atoms with Gasteiger partial charge in [0.1, 0.15) is 5.82 Å². The Bertz CT molecular complexity index is 984. The van der Waals surface area contributed by atoms with E-state index in [-0.39, 0.29) is 17.3 Å². The highest BCUT2D eigenvalue weighted by atomic mass is 79.9. The predicted octanol–water partition coefficient (Wildman–Crippen LogP) is 4.22. The molecular formula is C18H17BrFN5OS. The van der Waals surface area contributed by atoms with Gasteiger partial charge in [-0.05, 0) is 60.5 Å². The molecule has 0 saturated carbocycles. The van der Waals surface area contributed by atoms with Crippen LogP contribution in [0.3, 0.4) is 0 Å². The van der Waals surface area contributed by atoms with Crippen molar-refractivity contribution in [3.63, 3.8) is 0 Å². The molecule has 0 saturated heterocycles. The van der Waals surface area contributed by atoms with E-state index in [4.69, 9.17) is 0 Å². The molecule has 0 fully saturated rings. The number of carbonyl (C=O) groups is 1. The van der Waals surface area contributed by atoms with Gasteiger partial charge >= 0.3 is 0 Å². The molecule has 1 N–H and O–H groups in total. The minimum absolute atomic E-state index is 0.0554. The second-order valence-corrected chi connectivity index (χ2v) is 7.94. The lowest BCUT2D eigenvalue weighted by Crippen LogP contribution is -2.15. The Morgan fingerprint density at radius 2 is 1.93 bits per heavy atom. The number of tetrazole rings is 1. The van der Waals surface area contributed by atoms with Crippen LogP contribution in [-0.2, 0) is 4.79 Å². The number of benzene rings is 2. The number of hydrogen-bond acceptors (Lipinski definition) is 5. The minimum Gasteiger partial charge on any atom is -0.323 e. The number of aromatic nitrogens is 4. The van der Waals surface area contributed by atoms with Crippen molar-refractivity contribution in [2.75, 3.05) is 11.1 Å². The summed E-state index contributed by atoms with van der Waals surface area (Å²) in [6.07, 6.45) is 0. The number of rotatable bonds is 5. The summed E-state index contributed by atoms with van der Waals surface area (Å²) in [4.78, 5) is 12.2. The summed E-state index contributed by atoms with van der Waals surface area (Å²) >= 11 is 4.37. The van der Waals surface area contributed by atoms with Crippen molar-refractivity contribution in [3.05, 3.63) is 57.3 Å². The first-order valence-corrected chi connectivity index (χ1v) is 9.87. The molecule has 3 rings (SSSR count). The summed E-state index contributed by atoms with van der Waals surface area (Å²) in [6.45, 7) is 6.02. The molecule has 27 heavy (non-hydrogen) atoms. The van der Waals surface area contributed by atoms with E-state index in [1.54, 1.807) is 10.7 Å². The molecule has 0 aliphatic heterocycles. The fourth-order valence-electron chi connectivity index (χ4n) is 2.82. The maximum atomic E-state index is 13.8. The van der Waals surface area contributed by atoms with Crippen molar-refractivity contribution in [1.29, 1.82) is 0 Å². The van der Waals surface area contributed by atoms with Crippen LogP contribution >= 0.6 is 27.7 Å². The molecule has 0 atom stereocenters. The molecule has 1 aromatic heterocycles. The largest absolute Gasteiger partial charge is 0.323 e. The van der Waals surface area contributed by atoms with E-state index < -0.39 is 5.82 Å². The number of carbonyl (C=O) groups excluding carboxylic acids is 1. The molecule has 9 heteroatoms. The molecule has 3 aromatic rings. The molecule has 0 aliphatic rings. The summed E-state index contributed by atoms with van der Waals surface area (Å²) in [5.41, 5.74) is 4.28. The molecule has 140 valence electrons. The van der Waals surface area contributed by atoms with Crippen molar-refractivity contribution < 1.29 is 9.18 Å². The number of amides is 1. The molecule has 0 unspecified atom stereocenters. The van der Waals surface area contributed by atoms with Crippen molar-refractivity contribution >= 4 is 39.3 Å². The van der Waals surface area contributed by atoms with E-state index in [0.29, 0.717) is 9.63 Å². The lowest BCUT2D eigenvalue weighted by atomic mass is 10.1. The van der Waals surface area contributed by atoms with Crippen LogP contribution in [0.25, 0.3) is 5.69 Å². The summed E-state index contributed by atoms with van der Waals surface area (Å²) in [7, 11) is 0. The van der Waals surface area contributed by atoms with Gasteiger partial charge in [-0.3, -0.25) is 4.79 Å². The third-order valence-corrected chi connectivity index (χ3v) is 5.24. The number of nitrogens with zero attached hydrogens (tertiary/aromatic N) is 4. The number of nitrogens with one attached hydrogen (secondary N) is 1. The number of aryl methyl sites for hydroxylation is 3. The Kier molecular flexibility index (Phi) is 5.91. The molecule has 1 amide bonds. The third kappa shape index (κ3) is 4.54. The van der Waals surface area contributed by atoms with Crippen LogP contribution in [0.5, 0.6) is 0 Å². The van der Waals surface area contributed by atoms with Crippen molar-refractivity contribution in [2.24, 2.45) is 0 Å². The molecule has 6 nitrogen and oxygen atoms in total. The minimum atomic E-state index is -0.501. The normalized spacial score (nSPS) is 10.9. The second kappa shape index (κ2) is 8.18. The first-order valence-electron chi connectivity index (χ1n) is 8.09. The average molecular weight is 450 g/mol. The predicted molar refractivity (Wildman–Crippen MR) is 107 cm³/mol. The van der Waals surface area contributed by atoms with Crippen LogP contribution < -0.4 is 5.32 Å². The lowest BCUT2D eigenvalue weighted by molar-refractivity contribution is -0.113. The zero-order valence-electron chi connectivity index (χ0n) is 15.0. The fraction of sp³-hybridized carbons (Fsp3) is 0.222. The van der Waals surface area contributed by atoms with E-state index >= 15 is 0 Å². The van der Waals surface area contributed by atoms with Crippen LogP contribution in [0, 0.1) is 26.6 Å². The first-order chi connectivity index (χ1) is 12.8. The molecule has 1 heterocycles. The Morgan fingerprint density at radius 3 is 2.59 bits per heavy atom. The van der Waals surface area contributed by atoms with Crippen molar-refractivity contribution in [3.8, 4) is 5.69 Å². The van der Waals surface area contributed by atoms with Gasteiger partial charge in [0, 0.05) is 4.47 Å². The van der Waals surface area contributed by atoms with E-state index in [2.05, 4.69) is 48.9 Å². The van der Waals surface area contributed by atoms with E-state index in [9.17, 15) is 9.18 Å². The number of hydrogen-bond donors (Lipinski definition) is 1. The first kappa shape index (κ1) is 19.5. The maximum absolute atomic E-state index is 13.8. The summed E-state index contributed by atoms with van der Waals surface area (Å²) < 4.78 is 16.1. The summed E-state index contributed by atoms with van der Waals surface area (Å²) in [5.74, 6) is -0.786. The number of halogens is 2. The zero-order valence-corrected chi connectivity index (χ0v) is 17.4. The quantitative estimate of drug-likeness (QED) is 0.590. The summed E-state index contributed by atoms with van der Waals surface area (Å²) in [5, 5.41) is 14.9. The monoisotopic (exact) mass is 449 g/mol. The van der Waals surface area contributed by atoms with Gasteiger partial charge in [-0.15, -0.1) is 5.10 Å². The van der Waals surface area contributed by atoms with E-state index in [1.165, 1.54) is 23.9 Å². The molecule has 0 aliphatic carbocycles. The molecule has 0 radical (unpaired) electrons. The molecule has 2 aromatic carbocycles. The second-order valence-electron chi connectivity index (χ2n) is 6.08. The zero-order chi connectivity index (χ0) is 19.6. The van der Waals surface area contributed by atoms with Gasteiger partial charge in [0.25, 0.3) is 0 Å². The number of thioether (sulfide) groups is 1. The Balaban J connectivity index is 1.73. The van der Waals surface area contributed by atoms with Crippen LogP contribution in [0.2, 0.25) is 0 Å². The Hall–Kier alpha value is -2.26. The SMILES string of the molecule is Cc1cc(C)c(-n2nnnc2SCC(=O)Nc2ccc(Br)cc2F)c(C)c1. The highest BCUT2D eigenvalue weighted by Gasteiger charge is 2.16. The molecule has 0 spiro atoms. The Morgan fingerprint density at radius 1 is 1.22 bits per heavy atom. The fourth-order valence-corrected chi connectivity index (χ4v) is 3.83. The average Bonchev–Trinajstić information content (AvgIpc) is 3.03. The molecule has 0 bridgehead atoms. The van der Waals surface area contributed by atoms with Gasteiger partial charge in [0.15, 0.2) is 0 Å². The van der Waals surface area contributed by atoms with E-state index in [1.807, 2.05) is 20.8 Å². The van der Waals surface area contributed by atoms with Crippen molar-refractivity contribution in [1.82, 2.24) is 20.2 Å². The van der Waals surface area contributed by atoms with Gasteiger partial charge in [-0.2, -0.15) is 4.68 Å². The molecular weight excluding hydrogens is 433 g/mol. The van der Waals surface area contributed by atoms with Crippen LogP contribution in [0.4, 0.5) is 10.1 Å². The Labute approximate surface area is 168 Å². The van der Waals surface area contributed by atoms with Gasteiger partial charge in [-0.1, -0.05) is 45.4 Å². The van der Waals surface area contributed by atoms with Crippen molar-refractivity contribution in [2.45, 2.75) is 25.9 Å². The lowest BCUT2D eigenvalue weighted by Gasteiger charge is -2.12. The van der Waals surface area contributed by atoms with Crippen LogP contribution in [-0.4, -0.2) is 31.9 Å². The third-order valence-electron chi connectivity index (χ3n) is 3.83. The van der Waals surface area contributed by atoms with Gasteiger partial charge < -0.3 is 5.32 Å². The highest BCUT2D eigenvalue weighted by molar-refractivity contribution is 9.10. The highest BCUT2D eigenvalue weighted by Crippen LogP contribution is 2.25. The number of anilines is 1. The summed E-state index contributed by atoms with van der Waals surface area (Å²) in [6, 6.07) is 8.58. The van der Waals surface area contributed by atoms with Gasteiger partial charge in [0.2, 0.25) is 11.1 Å². The van der Waals surface area contributed by atoms with Gasteiger partial charge in [-0.25, -0.2) is 4.39 Å². The van der Waals surface area contributed by atoms with E-state index in [0.717, 1.165) is 22.4 Å². The smallest absolute Gasteiger partial charge is 0.234 e. The van der Waals surface area contributed by atoms with Crippen LogP contribution in [0.15, 0.2) is 40.0 Å². The maximum Gasteiger partial charge on any atom is 0.234 e. The van der Waals surface area contributed by atoms with Crippen LogP contribution in [0.1, 0.15) is 16.7 Å². The topological polar surface area (TPSA) is 72.7 Å². The standard InChI is InChI=1S/C18H17BrFN5OS/c1-10-6-11(2)17(12(3)7-10)25-18(22-23-24-25)27-9-16(26)21-15-5-4-13(19)8-14(15)20/h4-8H,9H2,1-3H3,(H,21,26).